The monoisotopic (exact) mass is 539 g/mol. The lowest BCUT2D eigenvalue weighted by molar-refractivity contribution is -0.143. The maximum absolute atomic E-state index is 10.6. The zero-order chi connectivity index (χ0) is 26.7. The van der Waals surface area contributed by atoms with Gasteiger partial charge >= 0.3 is 5.97 Å². The van der Waals surface area contributed by atoms with Crippen LogP contribution in [0.4, 0.5) is 0 Å². The lowest BCUT2D eigenvalue weighted by Crippen LogP contribution is -2.35. The fourth-order valence-corrected chi connectivity index (χ4v) is 4.34. The second-order valence-corrected chi connectivity index (χ2v) is 10.2. The molecule has 198 valence electrons. The first-order valence-corrected chi connectivity index (χ1v) is 12.7. The molecule has 1 aromatic rings. The molecular formula is C26H35Cl2N3O5. The van der Waals surface area contributed by atoms with Crippen LogP contribution in [-0.2, 0) is 9.59 Å². The van der Waals surface area contributed by atoms with E-state index in [9.17, 15) is 14.7 Å². The molecule has 10 heteroatoms. The number of carboxylic acid groups (broad SMARTS) is 1. The molecule has 1 unspecified atom stereocenters. The van der Waals surface area contributed by atoms with Crippen LogP contribution in [0.5, 0.6) is 5.75 Å². The maximum Gasteiger partial charge on any atom is 0.306 e. The number of hydrogen-bond acceptors (Lipinski definition) is 6. The average Bonchev–Trinajstić information content (AvgIpc) is 3.10. The van der Waals surface area contributed by atoms with Gasteiger partial charge in [-0.1, -0.05) is 29.1 Å². The van der Waals surface area contributed by atoms with Crippen molar-refractivity contribution in [2.45, 2.75) is 57.7 Å². The summed E-state index contributed by atoms with van der Waals surface area (Å²) in [5, 5.41) is 24.8. The number of nitrogens with zero attached hydrogens (tertiary/aromatic N) is 1. The summed E-state index contributed by atoms with van der Waals surface area (Å²) >= 11 is 12.1. The van der Waals surface area contributed by atoms with Gasteiger partial charge in [-0.2, -0.15) is 0 Å². The fourth-order valence-electron chi connectivity index (χ4n) is 3.86. The van der Waals surface area contributed by atoms with Crippen LogP contribution in [0.3, 0.4) is 0 Å². The summed E-state index contributed by atoms with van der Waals surface area (Å²) in [7, 11) is 0. The zero-order valence-electron chi connectivity index (χ0n) is 20.9. The minimum Gasteiger partial charge on any atom is -0.492 e. The number of alkyl halides is 1. The van der Waals surface area contributed by atoms with Crippen molar-refractivity contribution in [1.82, 2.24) is 15.5 Å². The molecule has 0 bridgehead atoms. The fraction of sp³-hybridized carbons (Fsp3) is 0.538. The molecule has 1 aliphatic carbocycles. The van der Waals surface area contributed by atoms with Gasteiger partial charge in [0.25, 0.3) is 0 Å². The quantitative estimate of drug-likeness (QED) is 0.172. The number of amides is 1. The van der Waals surface area contributed by atoms with Crippen LogP contribution in [0.1, 0.15) is 46.5 Å². The van der Waals surface area contributed by atoms with Gasteiger partial charge in [0, 0.05) is 17.3 Å². The van der Waals surface area contributed by atoms with Gasteiger partial charge in [-0.3, -0.25) is 9.59 Å². The Labute approximate surface area is 223 Å². The molecule has 1 fully saturated rings. The average molecular weight is 540 g/mol. The molecule has 1 atom stereocenters. The van der Waals surface area contributed by atoms with Crippen LogP contribution in [-0.4, -0.2) is 58.4 Å². The second kappa shape index (κ2) is 14.2. The molecule has 8 nitrogen and oxygen atoms in total. The van der Waals surface area contributed by atoms with Crippen molar-refractivity contribution in [2.24, 2.45) is 11.8 Å². The van der Waals surface area contributed by atoms with Crippen molar-refractivity contribution in [3.63, 3.8) is 0 Å². The molecule has 0 radical (unpaired) electrons. The molecule has 2 aliphatic rings. The topological polar surface area (TPSA) is 111 Å². The Morgan fingerprint density at radius 2 is 1.92 bits per heavy atom. The Hall–Kier alpha value is -2.60. The Kier molecular flexibility index (Phi) is 11.7. The van der Waals surface area contributed by atoms with E-state index in [4.69, 9.17) is 33.0 Å². The molecule has 1 saturated carbocycles. The molecule has 36 heavy (non-hydrogen) atoms. The SMILES string of the molecule is CC1=C(C#CC(C)(C)O)NC(Cl)N1CCOc1ccc(Cl)cc1.O=CNCC1CCC(C(=O)O)CC1. The minimum atomic E-state index is -1.04. The standard InChI is InChI=1S/C17H20Cl2N2O2.C9H15NO3/c1-12-15(8-9-17(2,3)22)20-16(19)21(12)10-11-23-14-6-4-13(18)5-7-14;11-6-10-5-7-1-3-8(4-2-7)9(12)13/h4-7,16,20,22H,10-11H2,1-3H3;6-8H,1-5H2,(H,10,11)(H,12,13). The van der Waals surface area contributed by atoms with E-state index in [-0.39, 0.29) is 11.5 Å². The number of hydrogen-bond donors (Lipinski definition) is 4. The van der Waals surface area contributed by atoms with Gasteiger partial charge in [0.1, 0.15) is 23.7 Å². The van der Waals surface area contributed by atoms with Gasteiger partial charge in [0.05, 0.1) is 12.5 Å². The third-order valence-corrected chi connectivity index (χ3v) is 6.52. The lowest BCUT2D eigenvalue weighted by Gasteiger charge is -2.25. The maximum atomic E-state index is 10.6. The Morgan fingerprint density at radius 3 is 2.47 bits per heavy atom. The Morgan fingerprint density at radius 1 is 1.28 bits per heavy atom. The first-order valence-electron chi connectivity index (χ1n) is 11.9. The third kappa shape index (κ3) is 10.2. The van der Waals surface area contributed by atoms with Crippen LogP contribution < -0.4 is 15.4 Å². The van der Waals surface area contributed by atoms with E-state index in [0.717, 1.165) is 42.8 Å². The first-order chi connectivity index (χ1) is 17.0. The highest BCUT2D eigenvalue weighted by molar-refractivity contribution is 6.30. The molecule has 3 rings (SSSR count). The number of benzene rings is 1. The highest BCUT2D eigenvalue weighted by atomic mass is 35.5. The predicted octanol–water partition coefficient (Wildman–Crippen LogP) is 3.78. The van der Waals surface area contributed by atoms with Gasteiger partial charge in [0.2, 0.25) is 6.41 Å². The number of carbonyl (C=O) groups is 2. The molecule has 0 saturated heterocycles. The third-order valence-electron chi connectivity index (χ3n) is 5.92. The van der Waals surface area contributed by atoms with E-state index in [1.807, 2.05) is 24.0 Å². The summed E-state index contributed by atoms with van der Waals surface area (Å²) in [4.78, 5) is 22.6. The summed E-state index contributed by atoms with van der Waals surface area (Å²) < 4.78 is 5.68. The number of allylic oxidation sites excluding steroid dienone is 2. The number of halogens is 2. The van der Waals surface area contributed by atoms with Crippen LogP contribution in [0.15, 0.2) is 35.7 Å². The van der Waals surface area contributed by atoms with Gasteiger partial charge in [-0.15, -0.1) is 0 Å². The van der Waals surface area contributed by atoms with Gasteiger partial charge in [-0.25, -0.2) is 0 Å². The zero-order valence-corrected chi connectivity index (χ0v) is 22.4. The number of ether oxygens (including phenoxy) is 1. The van der Waals surface area contributed by atoms with Crippen molar-refractivity contribution >= 4 is 35.6 Å². The smallest absolute Gasteiger partial charge is 0.306 e. The first kappa shape index (κ1) is 29.6. The lowest BCUT2D eigenvalue weighted by atomic mass is 9.82. The highest BCUT2D eigenvalue weighted by Gasteiger charge is 2.26. The van der Waals surface area contributed by atoms with Crippen LogP contribution >= 0.6 is 23.2 Å². The van der Waals surface area contributed by atoms with Crippen molar-refractivity contribution in [3.8, 4) is 17.6 Å². The van der Waals surface area contributed by atoms with E-state index in [1.165, 1.54) is 0 Å². The van der Waals surface area contributed by atoms with E-state index < -0.39 is 11.6 Å². The summed E-state index contributed by atoms with van der Waals surface area (Å²) in [6.07, 6.45) is 4.03. The number of aliphatic hydroxyl groups is 1. The Bertz CT molecular complexity index is 959. The highest BCUT2D eigenvalue weighted by Crippen LogP contribution is 2.28. The van der Waals surface area contributed by atoms with E-state index in [1.54, 1.807) is 26.0 Å². The van der Waals surface area contributed by atoms with Crippen molar-refractivity contribution < 1.29 is 24.5 Å². The number of nitrogens with one attached hydrogen (secondary N) is 2. The number of aliphatic carboxylic acids is 1. The van der Waals surface area contributed by atoms with Crippen molar-refractivity contribution in [3.05, 3.63) is 40.7 Å². The molecular weight excluding hydrogens is 505 g/mol. The Balaban J connectivity index is 0.000000297. The van der Waals surface area contributed by atoms with Crippen LogP contribution in [0, 0.1) is 23.7 Å². The molecule has 1 amide bonds. The van der Waals surface area contributed by atoms with Crippen LogP contribution in [0.25, 0.3) is 0 Å². The van der Waals surface area contributed by atoms with E-state index in [0.29, 0.717) is 37.0 Å². The number of rotatable bonds is 8. The normalized spacial score (nSPS) is 21.4. The minimum absolute atomic E-state index is 0.160. The molecule has 4 N–H and O–H groups in total. The number of carboxylic acids is 1. The van der Waals surface area contributed by atoms with Gasteiger partial charge in [0.15, 0.2) is 5.62 Å². The molecule has 1 aromatic carbocycles. The molecule has 1 heterocycles. The van der Waals surface area contributed by atoms with E-state index in [2.05, 4.69) is 22.5 Å². The van der Waals surface area contributed by atoms with Crippen molar-refractivity contribution in [1.29, 1.82) is 0 Å². The van der Waals surface area contributed by atoms with Crippen LogP contribution in [0.2, 0.25) is 5.02 Å². The summed E-state index contributed by atoms with van der Waals surface area (Å²) in [6.45, 7) is 7.00. The predicted molar refractivity (Wildman–Crippen MR) is 140 cm³/mol. The van der Waals surface area contributed by atoms with Gasteiger partial charge in [-0.05, 0) is 82.6 Å². The largest absolute Gasteiger partial charge is 0.492 e. The van der Waals surface area contributed by atoms with Crippen molar-refractivity contribution in [2.75, 3.05) is 19.7 Å². The summed E-state index contributed by atoms with van der Waals surface area (Å²) in [6, 6.07) is 7.22. The molecule has 0 aromatic heterocycles. The summed E-state index contributed by atoms with van der Waals surface area (Å²) in [5.41, 5.74) is 0.233. The summed E-state index contributed by atoms with van der Waals surface area (Å²) in [5.74, 6) is 6.11. The molecule has 0 spiro atoms. The molecule has 1 aliphatic heterocycles. The van der Waals surface area contributed by atoms with E-state index >= 15 is 0 Å². The second-order valence-electron chi connectivity index (χ2n) is 9.33. The van der Waals surface area contributed by atoms with Gasteiger partial charge < -0.3 is 30.5 Å². The number of carbonyl (C=O) groups excluding carboxylic acids is 1.